The van der Waals surface area contributed by atoms with Gasteiger partial charge in [-0.15, -0.1) is 0 Å². The van der Waals surface area contributed by atoms with Gasteiger partial charge in [-0.2, -0.15) is 0 Å². The summed E-state index contributed by atoms with van der Waals surface area (Å²) in [4.78, 5) is 23.7. The van der Waals surface area contributed by atoms with Gasteiger partial charge in [-0.05, 0) is 42.3 Å². The molecule has 2 rings (SSSR count). The predicted molar refractivity (Wildman–Crippen MR) is 101 cm³/mol. The van der Waals surface area contributed by atoms with Crippen molar-refractivity contribution < 1.29 is 14.0 Å². The van der Waals surface area contributed by atoms with Gasteiger partial charge in [-0.25, -0.2) is 0 Å². The van der Waals surface area contributed by atoms with Crippen LogP contribution in [0.5, 0.6) is 0 Å². The van der Waals surface area contributed by atoms with Crippen LogP contribution in [0.1, 0.15) is 37.1 Å². The first-order valence-electron chi connectivity index (χ1n) is 8.12. The fraction of sp³-hybridized carbons (Fsp3) is 0.263. The SMILES string of the molecule is CCC(NC(=O)CCNC(=O)/C=C/c1ccco1)c1ccc(Br)cc1. The molecule has 0 aliphatic carbocycles. The van der Waals surface area contributed by atoms with Gasteiger partial charge < -0.3 is 15.1 Å². The molecule has 0 bridgehead atoms. The number of benzene rings is 1. The molecule has 2 N–H and O–H groups in total. The zero-order chi connectivity index (χ0) is 18.1. The van der Waals surface area contributed by atoms with Gasteiger partial charge in [0.1, 0.15) is 5.76 Å². The molecule has 0 radical (unpaired) electrons. The highest BCUT2D eigenvalue weighted by atomic mass is 79.9. The topological polar surface area (TPSA) is 71.3 Å². The van der Waals surface area contributed by atoms with Crippen LogP contribution < -0.4 is 10.6 Å². The molecule has 0 saturated heterocycles. The summed E-state index contributed by atoms with van der Waals surface area (Å²) in [6.07, 6.45) is 5.53. The van der Waals surface area contributed by atoms with E-state index in [4.69, 9.17) is 4.42 Å². The lowest BCUT2D eigenvalue weighted by atomic mass is 10.0. The van der Waals surface area contributed by atoms with Crippen molar-refractivity contribution in [2.45, 2.75) is 25.8 Å². The van der Waals surface area contributed by atoms with Crippen LogP contribution in [-0.2, 0) is 9.59 Å². The second kappa shape index (κ2) is 9.84. The second-order valence-corrected chi connectivity index (χ2v) is 6.39. The minimum absolute atomic E-state index is 0.0323. The van der Waals surface area contributed by atoms with Crippen molar-refractivity contribution >= 4 is 33.8 Å². The molecule has 0 aliphatic heterocycles. The molecule has 0 fully saturated rings. The van der Waals surface area contributed by atoms with Gasteiger partial charge in [0.05, 0.1) is 12.3 Å². The van der Waals surface area contributed by atoms with Crippen LogP contribution in [0.4, 0.5) is 0 Å². The zero-order valence-electron chi connectivity index (χ0n) is 14.0. The second-order valence-electron chi connectivity index (χ2n) is 5.47. The Kier molecular flexibility index (Phi) is 7.47. The Morgan fingerprint density at radius 2 is 2.00 bits per heavy atom. The molecular weight excluding hydrogens is 384 g/mol. The van der Waals surface area contributed by atoms with Gasteiger partial charge in [-0.3, -0.25) is 9.59 Å². The highest BCUT2D eigenvalue weighted by Crippen LogP contribution is 2.19. The molecule has 6 heteroatoms. The summed E-state index contributed by atoms with van der Waals surface area (Å²) >= 11 is 3.40. The van der Waals surface area contributed by atoms with E-state index in [9.17, 15) is 9.59 Å². The van der Waals surface area contributed by atoms with E-state index in [1.54, 1.807) is 18.2 Å². The van der Waals surface area contributed by atoms with Crippen molar-refractivity contribution in [3.63, 3.8) is 0 Å². The van der Waals surface area contributed by atoms with Gasteiger partial charge in [0.2, 0.25) is 11.8 Å². The summed E-state index contributed by atoms with van der Waals surface area (Å²) in [5.74, 6) is 0.252. The minimum atomic E-state index is -0.260. The Labute approximate surface area is 155 Å². The monoisotopic (exact) mass is 404 g/mol. The average Bonchev–Trinajstić information content (AvgIpc) is 3.12. The third kappa shape index (κ3) is 6.58. The molecular formula is C19H21BrN2O3. The molecule has 1 atom stereocenters. The Bertz CT molecular complexity index is 709. The Hall–Kier alpha value is -2.34. The number of furan rings is 1. The molecule has 132 valence electrons. The van der Waals surface area contributed by atoms with Crippen LogP contribution in [-0.4, -0.2) is 18.4 Å². The summed E-state index contributed by atoms with van der Waals surface area (Å²) in [7, 11) is 0. The number of hydrogen-bond donors (Lipinski definition) is 2. The van der Waals surface area contributed by atoms with Crippen LogP contribution in [0.2, 0.25) is 0 Å². The third-order valence-electron chi connectivity index (χ3n) is 3.61. The van der Waals surface area contributed by atoms with E-state index in [1.165, 1.54) is 12.3 Å². The van der Waals surface area contributed by atoms with Crippen LogP contribution >= 0.6 is 15.9 Å². The smallest absolute Gasteiger partial charge is 0.244 e. The maximum absolute atomic E-state index is 12.1. The fourth-order valence-corrected chi connectivity index (χ4v) is 2.55. The Morgan fingerprint density at radius 1 is 1.24 bits per heavy atom. The normalized spacial score (nSPS) is 12.1. The lowest BCUT2D eigenvalue weighted by molar-refractivity contribution is -0.122. The van der Waals surface area contributed by atoms with Crippen molar-refractivity contribution in [3.05, 3.63) is 64.5 Å². The molecule has 1 heterocycles. The van der Waals surface area contributed by atoms with Crippen LogP contribution in [0.3, 0.4) is 0 Å². The molecule has 0 aliphatic rings. The number of halogens is 1. The molecule has 0 saturated carbocycles. The number of carbonyl (C=O) groups is 2. The van der Waals surface area contributed by atoms with Crippen molar-refractivity contribution in [2.75, 3.05) is 6.54 Å². The van der Waals surface area contributed by atoms with Gasteiger partial charge in [0, 0.05) is 23.5 Å². The maximum atomic E-state index is 12.1. The average molecular weight is 405 g/mol. The standard InChI is InChI=1S/C19H21BrN2O3/c1-2-17(14-5-7-15(20)8-6-14)22-19(24)11-12-21-18(23)10-9-16-4-3-13-25-16/h3-10,13,17H,2,11-12H2,1H3,(H,21,23)(H,22,24)/b10-9+. The Balaban J connectivity index is 1.74. The van der Waals surface area contributed by atoms with Crippen LogP contribution in [0, 0.1) is 0 Å². The molecule has 2 amide bonds. The molecule has 5 nitrogen and oxygen atoms in total. The zero-order valence-corrected chi connectivity index (χ0v) is 15.6. The largest absolute Gasteiger partial charge is 0.465 e. The van der Waals surface area contributed by atoms with Crippen molar-refractivity contribution in [3.8, 4) is 0 Å². The van der Waals surface area contributed by atoms with Crippen LogP contribution in [0.15, 0.2) is 57.6 Å². The number of rotatable bonds is 8. The summed E-state index contributed by atoms with van der Waals surface area (Å²) < 4.78 is 6.10. The van der Waals surface area contributed by atoms with Gasteiger partial charge in [0.25, 0.3) is 0 Å². The summed E-state index contributed by atoms with van der Waals surface area (Å²) in [6, 6.07) is 11.3. The highest BCUT2D eigenvalue weighted by Gasteiger charge is 2.12. The maximum Gasteiger partial charge on any atom is 0.244 e. The Morgan fingerprint density at radius 3 is 2.64 bits per heavy atom. The predicted octanol–water partition coefficient (Wildman–Crippen LogP) is 3.83. The number of hydrogen-bond acceptors (Lipinski definition) is 3. The number of carbonyl (C=O) groups excluding carboxylic acids is 2. The lowest BCUT2D eigenvalue weighted by Crippen LogP contribution is -2.32. The lowest BCUT2D eigenvalue weighted by Gasteiger charge is -2.17. The first-order chi connectivity index (χ1) is 12.1. The third-order valence-corrected chi connectivity index (χ3v) is 4.14. The number of amides is 2. The van der Waals surface area contributed by atoms with E-state index in [0.717, 1.165) is 16.5 Å². The van der Waals surface area contributed by atoms with Crippen molar-refractivity contribution in [1.82, 2.24) is 10.6 Å². The van der Waals surface area contributed by atoms with Gasteiger partial charge >= 0.3 is 0 Å². The van der Waals surface area contributed by atoms with E-state index >= 15 is 0 Å². The first kappa shape index (κ1) is 19.0. The summed E-state index contributed by atoms with van der Waals surface area (Å²) in [6.45, 7) is 2.30. The summed E-state index contributed by atoms with van der Waals surface area (Å²) in [5.41, 5.74) is 1.06. The molecule has 1 aromatic carbocycles. The van der Waals surface area contributed by atoms with Gasteiger partial charge in [-0.1, -0.05) is 35.0 Å². The van der Waals surface area contributed by atoms with Crippen molar-refractivity contribution in [2.24, 2.45) is 0 Å². The molecule has 1 unspecified atom stereocenters. The first-order valence-corrected chi connectivity index (χ1v) is 8.92. The fourth-order valence-electron chi connectivity index (χ4n) is 2.28. The quantitative estimate of drug-likeness (QED) is 0.656. The summed E-state index contributed by atoms with van der Waals surface area (Å²) in [5, 5.41) is 5.67. The van der Waals surface area contributed by atoms with E-state index in [1.807, 2.05) is 31.2 Å². The minimum Gasteiger partial charge on any atom is -0.465 e. The van der Waals surface area contributed by atoms with Crippen LogP contribution in [0.25, 0.3) is 6.08 Å². The number of nitrogens with one attached hydrogen (secondary N) is 2. The van der Waals surface area contributed by atoms with Crippen molar-refractivity contribution in [1.29, 1.82) is 0 Å². The van der Waals surface area contributed by atoms with E-state index in [2.05, 4.69) is 26.6 Å². The van der Waals surface area contributed by atoms with E-state index < -0.39 is 0 Å². The molecule has 25 heavy (non-hydrogen) atoms. The van der Waals surface area contributed by atoms with E-state index in [0.29, 0.717) is 5.76 Å². The van der Waals surface area contributed by atoms with Gasteiger partial charge in [0.15, 0.2) is 0 Å². The highest BCUT2D eigenvalue weighted by molar-refractivity contribution is 9.10. The molecule has 1 aromatic heterocycles. The van der Waals surface area contributed by atoms with E-state index in [-0.39, 0.29) is 30.8 Å². The molecule has 0 spiro atoms. The molecule has 2 aromatic rings.